The normalized spacial score (nSPS) is 11.3. The average Bonchev–Trinajstić information content (AvgIpc) is 2.08. The van der Waals surface area contributed by atoms with Crippen molar-refractivity contribution in [3.63, 3.8) is 0 Å². The highest BCUT2D eigenvalue weighted by Gasteiger charge is 1.92. The van der Waals surface area contributed by atoms with Gasteiger partial charge in [-0.25, -0.2) is 16.8 Å². The molecule has 14 heavy (non-hydrogen) atoms. The molecule has 0 aliphatic carbocycles. The van der Waals surface area contributed by atoms with Gasteiger partial charge in [0.25, 0.3) is 22.0 Å². The van der Waals surface area contributed by atoms with Crippen LogP contribution in [0.1, 0.15) is 25.7 Å². The SMILES string of the molecule is O=[SH](=O)OCCCCCCO[SH](=O)=O. The van der Waals surface area contributed by atoms with E-state index in [1.165, 1.54) is 0 Å². The summed E-state index contributed by atoms with van der Waals surface area (Å²) >= 11 is 0. The Balaban J connectivity index is 3.06. The minimum absolute atomic E-state index is 0.190. The van der Waals surface area contributed by atoms with Gasteiger partial charge >= 0.3 is 0 Å². The first-order chi connectivity index (χ1) is 6.63. The van der Waals surface area contributed by atoms with E-state index in [0.29, 0.717) is 12.8 Å². The molecule has 0 amide bonds. The Morgan fingerprint density at radius 2 is 1.00 bits per heavy atom. The number of unbranched alkanes of at least 4 members (excludes halogenated alkanes) is 3. The molecule has 0 saturated heterocycles. The van der Waals surface area contributed by atoms with Crippen LogP contribution in [-0.4, -0.2) is 30.0 Å². The fourth-order valence-electron chi connectivity index (χ4n) is 0.836. The first-order valence-electron chi connectivity index (χ1n) is 4.17. The van der Waals surface area contributed by atoms with E-state index >= 15 is 0 Å². The smallest absolute Gasteiger partial charge is 0.257 e. The number of thiol groups is 2. The maximum atomic E-state index is 9.94. The monoisotopic (exact) mass is 246 g/mol. The molecule has 0 unspecified atom stereocenters. The highest BCUT2D eigenvalue weighted by molar-refractivity contribution is 7.67. The second-order valence-corrected chi connectivity index (χ2v) is 3.94. The first-order valence-corrected chi connectivity index (χ1v) is 6.36. The summed E-state index contributed by atoms with van der Waals surface area (Å²) in [6, 6.07) is 0. The predicted octanol–water partition coefficient (Wildman–Crippen LogP) is -0.367. The Labute approximate surface area is 86.5 Å². The lowest BCUT2D eigenvalue weighted by Crippen LogP contribution is -1.95. The average molecular weight is 246 g/mol. The molecule has 0 rings (SSSR count). The van der Waals surface area contributed by atoms with Gasteiger partial charge in [-0.15, -0.1) is 0 Å². The van der Waals surface area contributed by atoms with Gasteiger partial charge in [-0.2, -0.15) is 0 Å². The maximum absolute atomic E-state index is 9.94. The van der Waals surface area contributed by atoms with Gasteiger partial charge in [-0.05, 0) is 12.8 Å². The molecule has 0 radical (unpaired) electrons. The van der Waals surface area contributed by atoms with E-state index in [-0.39, 0.29) is 13.2 Å². The van der Waals surface area contributed by atoms with Crippen molar-refractivity contribution in [2.24, 2.45) is 0 Å². The van der Waals surface area contributed by atoms with E-state index in [1.54, 1.807) is 0 Å². The third kappa shape index (κ3) is 11.8. The van der Waals surface area contributed by atoms with Crippen molar-refractivity contribution in [3.8, 4) is 0 Å². The number of hydrogen-bond donors (Lipinski definition) is 2. The number of rotatable bonds is 9. The van der Waals surface area contributed by atoms with Crippen molar-refractivity contribution in [2.45, 2.75) is 25.7 Å². The Morgan fingerprint density at radius 1 is 0.643 bits per heavy atom. The molecule has 0 aliphatic rings. The molecule has 0 saturated carbocycles. The van der Waals surface area contributed by atoms with E-state index in [9.17, 15) is 16.8 Å². The van der Waals surface area contributed by atoms with E-state index in [2.05, 4.69) is 8.37 Å². The van der Waals surface area contributed by atoms with Crippen molar-refractivity contribution >= 4 is 22.0 Å². The molecular weight excluding hydrogens is 232 g/mol. The molecular formula is C6H14O6S2. The van der Waals surface area contributed by atoms with Crippen molar-refractivity contribution in [1.82, 2.24) is 0 Å². The molecule has 86 valence electrons. The highest BCUT2D eigenvalue weighted by atomic mass is 32.2. The van der Waals surface area contributed by atoms with Gasteiger partial charge in [0.15, 0.2) is 0 Å². The summed E-state index contributed by atoms with van der Waals surface area (Å²) < 4.78 is 48.4. The lowest BCUT2D eigenvalue weighted by molar-refractivity contribution is 0.302. The van der Waals surface area contributed by atoms with Gasteiger partial charge in [0.1, 0.15) is 0 Å². The van der Waals surface area contributed by atoms with E-state index < -0.39 is 22.0 Å². The van der Waals surface area contributed by atoms with Crippen LogP contribution in [0, 0.1) is 0 Å². The Hall–Kier alpha value is -0.180. The lowest BCUT2D eigenvalue weighted by Gasteiger charge is -1.98. The second-order valence-electron chi connectivity index (χ2n) is 2.53. The summed E-state index contributed by atoms with van der Waals surface area (Å²) in [6.45, 7) is 0.380. The summed E-state index contributed by atoms with van der Waals surface area (Å²) in [6.07, 6.45) is 2.88. The zero-order valence-corrected chi connectivity index (χ0v) is 9.38. The van der Waals surface area contributed by atoms with Crippen LogP contribution >= 0.6 is 0 Å². The van der Waals surface area contributed by atoms with Crippen molar-refractivity contribution in [2.75, 3.05) is 13.2 Å². The van der Waals surface area contributed by atoms with Crippen LogP contribution in [0.15, 0.2) is 0 Å². The molecule has 0 aromatic carbocycles. The Bertz CT molecular complexity index is 225. The van der Waals surface area contributed by atoms with E-state index in [0.717, 1.165) is 12.8 Å². The molecule has 0 N–H and O–H groups in total. The summed E-state index contributed by atoms with van der Waals surface area (Å²) in [7, 11) is -5.48. The predicted molar refractivity (Wildman–Crippen MR) is 51.0 cm³/mol. The summed E-state index contributed by atoms with van der Waals surface area (Å²) in [5.74, 6) is 0. The maximum Gasteiger partial charge on any atom is 0.257 e. The fourth-order valence-corrected chi connectivity index (χ4v) is 1.39. The van der Waals surface area contributed by atoms with Crippen LogP contribution in [0.25, 0.3) is 0 Å². The van der Waals surface area contributed by atoms with Crippen LogP contribution in [0.4, 0.5) is 0 Å². The third-order valence-corrected chi connectivity index (χ3v) is 2.22. The third-order valence-electron chi connectivity index (χ3n) is 1.43. The molecule has 0 aromatic rings. The molecule has 0 aromatic heterocycles. The largest absolute Gasteiger partial charge is 0.272 e. The van der Waals surface area contributed by atoms with Crippen molar-refractivity contribution in [3.05, 3.63) is 0 Å². The van der Waals surface area contributed by atoms with E-state index in [1.807, 2.05) is 0 Å². The molecule has 0 aliphatic heterocycles. The zero-order valence-electron chi connectivity index (χ0n) is 7.59. The molecule has 0 spiro atoms. The molecule has 8 heteroatoms. The van der Waals surface area contributed by atoms with Gasteiger partial charge in [0.05, 0.1) is 13.2 Å². The minimum Gasteiger partial charge on any atom is -0.272 e. The molecule has 0 atom stereocenters. The topological polar surface area (TPSA) is 86.7 Å². The van der Waals surface area contributed by atoms with Crippen LogP contribution in [0.3, 0.4) is 0 Å². The van der Waals surface area contributed by atoms with Gasteiger partial charge < -0.3 is 0 Å². The van der Waals surface area contributed by atoms with Gasteiger partial charge in [0.2, 0.25) is 0 Å². The molecule has 0 fully saturated rings. The lowest BCUT2D eigenvalue weighted by atomic mass is 10.2. The summed E-state index contributed by atoms with van der Waals surface area (Å²) in [5, 5.41) is 0. The van der Waals surface area contributed by atoms with Gasteiger partial charge in [-0.3, -0.25) is 8.37 Å². The van der Waals surface area contributed by atoms with Crippen LogP contribution in [-0.2, 0) is 30.3 Å². The summed E-state index contributed by atoms with van der Waals surface area (Å²) in [4.78, 5) is 0. The minimum atomic E-state index is -2.74. The number of hydrogen-bond acceptors (Lipinski definition) is 6. The van der Waals surface area contributed by atoms with Gasteiger partial charge in [0, 0.05) is 0 Å². The quantitative estimate of drug-likeness (QED) is 0.426. The highest BCUT2D eigenvalue weighted by Crippen LogP contribution is 2.00. The standard InChI is InChI=1S/C6H14O6S2/c7-13(8)11-5-3-1-2-4-6-12-14(9)10/h13-14H,1-6H2. The Kier molecular flexibility index (Phi) is 9.26. The van der Waals surface area contributed by atoms with Gasteiger partial charge in [-0.1, -0.05) is 12.8 Å². The van der Waals surface area contributed by atoms with E-state index in [4.69, 9.17) is 0 Å². The van der Waals surface area contributed by atoms with Crippen LogP contribution in [0.5, 0.6) is 0 Å². The zero-order chi connectivity index (χ0) is 10.8. The van der Waals surface area contributed by atoms with Crippen LogP contribution in [0.2, 0.25) is 0 Å². The molecule has 6 nitrogen and oxygen atoms in total. The van der Waals surface area contributed by atoms with Crippen molar-refractivity contribution in [1.29, 1.82) is 0 Å². The van der Waals surface area contributed by atoms with Crippen LogP contribution < -0.4 is 0 Å². The fraction of sp³-hybridized carbons (Fsp3) is 1.00. The summed E-state index contributed by atoms with van der Waals surface area (Å²) in [5.41, 5.74) is 0. The second kappa shape index (κ2) is 9.38. The molecule has 0 bridgehead atoms. The Morgan fingerprint density at radius 3 is 1.29 bits per heavy atom. The first kappa shape index (κ1) is 13.8. The van der Waals surface area contributed by atoms with Crippen molar-refractivity contribution < 1.29 is 25.2 Å². The molecule has 0 heterocycles.